The van der Waals surface area contributed by atoms with Crippen LogP contribution in [0, 0.1) is 0 Å². The van der Waals surface area contributed by atoms with Crippen LogP contribution in [-0.2, 0) is 40.5 Å². The number of rotatable bonds is 8. The minimum absolute atomic E-state index is 0.460. The highest BCUT2D eigenvalue weighted by molar-refractivity contribution is 7.69. The van der Waals surface area contributed by atoms with Crippen molar-refractivity contribution in [2.24, 2.45) is 0 Å². The van der Waals surface area contributed by atoms with E-state index in [4.69, 9.17) is 19.6 Å². The third-order valence-electron chi connectivity index (χ3n) is 0.708. The van der Waals surface area contributed by atoms with Gasteiger partial charge < -0.3 is 19.6 Å². The van der Waals surface area contributed by atoms with Crippen LogP contribution < -0.4 is 0 Å². The SMILES string of the molecule is O=CO[P+](=O)OP(=O)(OP(=O)(O)O)OP(=O)(O)O. The Labute approximate surface area is 99.1 Å². The summed E-state index contributed by atoms with van der Waals surface area (Å²) in [6.07, 6.45) is 0. The Hall–Kier alpha value is -0.0200. The summed E-state index contributed by atoms with van der Waals surface area (Å²) in [6.45, 7) is -0.460. The topological polar surface area (TPSA) is 203 Å². The molecule has 18 heavy (non-hydrogen) atoms. The van der Waals surface area contributed by atoms with Gasteiger partial charge in [-0.2, -0.15) is 13.1 Å². The van der Waals surface area contributed by atoms with Gasteiger partial charge in [-0.25, -0.2) is 13.7 Å². The van der Waals surface area contributed by atoms with E-state index >= 15 is 0 Å². The molecule has 0 saturated heterocycles. The normalized spacial score (nSPS) is 14.1. The van der Waals surface area contributed by atoms with Crippen LogP contribution in [-0.4, -0.2) is 26.0 Å². The third kappa shape index (κ3) is 8.98. The molecule has 0 heterocycles. The Morgan fingerprint density at radius 2 is 1.33 bits per heavy atom. The highest BCUT2D eigenvalue weighted by Crippen LogP contribution is 2.70. The summed E-state index contributed by atoms with van der Waals surface area (Å²) in [5, 5.41) is 0. The van der Waals surface area contributed by atoms with Crippen molar-refractivity contribution in [3.05, 3.63) is 0 Å². The molecule has 0 spiro atoms. The van der Waals surface area contributed by atoms with Gasteiger partial charge in [-0.1, -0.05) is 0 Å². The monoisotopic (exact) mass is 349 g/mol. The van der Waals surface area contributed by atoms with Crippen molar-refractivity contribution >= 4 is 38.2 Å². The quantitative estimate of drug-likeness (QED) is 0.341. The van der Waals surface area contributed by atoms with Crippen LogP contribution in [0.3, 0.4) is 0 Å². The predicted molar refractivity (Wildman–Crippen MR) is 49.7 cm³/mol. The van der Waals surface area contributed by atoms with Gasteiger partial charge in [0.15, 0.2) is 0 Å². The zero-order valence-corrected chi connectivity index (χ0v) is 11.4. The first-order chi connectivity index (χ1) is 7.87. The fourth-order valence-electron chi connectivity index (χ4n) is 0.441. The standard InChI is InChI=1S/CH4O13P4/c2-1-11-15(3)12-18(10,13-16(4,5)6)14-17(7,8)9/h1H,(H3-,4,5,6,7,8,9)/p+1. The largest absolute Gasteiger partial charge is 0.763 e. The highest BCUT2D eigenvalue weighted by Gasteiger charge is 2.50. The van der Waals surface area contributed by atoms with Crippen LogP contribution in [0.1, 0.15) is 0 Å². The van der Waals surface area contributed by atoms with Gasteiger partial charge in [0.05, 0.1) is 0 Å². The van der Waals surface area contributed by atoms with Crippen molar-refractivity contribution in [3.63, 3.8) is 0 Å². The van der Waals surface area contributed by atoms with E-state index in [9.17, 15) is 23.1 Å². The van der Waals surface area contributed by atoms with Crippen molar-refractivity contribution < 1.29 is 60.1 Å². The maximum atomic E-state index is 11.3. The second kappa shape index (κ2) is 6.42. The van der Waals surface area contributed by atoms with Crippen LogP contribution in [0.4, 0.5) is 0 Å². The van der Waals surface area contributed by atoms with Crippen molar-refractivity contribution in [1.82, 2.24) is 0 Å². The molecule has 106 valence electrons. The molecule has 0 aliphatic heterocycles. The fraction of sp³-hybridized carbons (Fsp3) is 0. The first-order valence-corrected chi connectivity index (χ1v) is 8.90. The number of carbonyl (C=O) groups excluding carboxylic acids is 1. The molecule has 17 heteroatoms. The van der Waals surface area contributed by atoms with Crippen molar-refractivity contribution in [1.29, 1.82) is 0 Å². The Morgan fingerprint density at radius 3 is 1.61 bits per heavy atom. The highest BCUT2D eigenvalue weighted by atomic mass is 31.3. The molecule has 0 aliphatic carbocycles. The van der Waals surface area contributed by atoms with Crippen molar-refractivity contribution in [2.75, 3.05) is 0 Å². The fourth-order valence-corrected chi connectivity index (χ4v) is 4.57. The first kappa shape index (κ1) is 18.0. The van der Waals surface area contributed by atoms with Gasteiger partial charge in [-0.05, 0) is 0 Å². The van der Waals surface area contributed by atoms with E-state index in [1.807, 2.05) is 0 Å². The van der Waals surface area contributed by atoms with Gasteiger partial charge in [-0.15, -0.1) is 0 Å². The van der Waals surface area contributed by atoms with Crippen molar-refractivity contribution in [3.8, 4) is 0 Å². The van der Waals surface area contributed by atoms with Crippen LogP contribution in [0.15, 0.2) is 0 Å². The van der Waals surface area contributed by atoms with Gasteiger partial charge in [0.2, 0.25) is 0 Å². The second-order valence-electron chi connectivity index (χ2n) is 2.10. The van der Waals surface area contributed by atoms with Crippen LogP contribution in [0.25, 0.3) is 0 Å². The lowest BCUT2D eigenvalue weighted by Gasteiger charge is -2.12. The average Bonchev–Trinajstić information content (AvgIpc) is 1.93. The summed E-state index contributed by atoms with van der Waals surface area (Å²) in [6, 6.07) is 0. The lowest BCUT2D eigenvalue weighted by atomic mass is 11.7. The molecule has 0 aromatic rings. The van der Waals surface area contributed by atoms with E-state index in [2.05, 4.69) is 17.5 Å². The number of carbonyl (C=O) groups is 1. The predicted octanol–water partition coefficient (Wildman–Crippen LogP) is 0.160. The molecule has 0 aromatic heterocycles. The van der Waals surface area contributed by atoms with E-state index in [1.54, 1.807) is 0 Å². The van der Waals surface area contributed by atoms with Gasteiger partial charge in [0, 0.05) is 8.88 Å². The molecule has 13 nitrogen and oxygen atoms in total. The molecular weight excluding hydrogens is 344 g/mol. The molecule has 0 aliphatic rings. The summed E-state index contributed by atoms with van der Waals surface area (Å²) < 4.78 is 56.5. The van der Waals surface area contributed by atoms with Gasteiger partial charge >= 0.3 is 38.2 Å². The second-order valence-corrected chi connectivity index (χ2v) is 7.57. The summed E-state index contributed by atoms with van der Waals surface area (Å²) in [5.74, 6) is 0. The van der Waals surface area contributed by atoms with Crippen LogP contribution in [0.2, 0.25) is 0 Å². The Morgan fingerprint density at radius 1 is 0.944 bits per heavy atom. The zero-order valence-electron chi connectivity index (χ0n) is 7.83. The molecule has 0 aromatic carbocycles. The molecule has 0 fully saturated rings. The van der Waals surface area contributed by atoms with Crippen LogP contribution in [0.5, 0.6) is 0 Å². The zero-order chi connectivity index (χ0) is 14.6. The molecule has 0 saturated carbocycles. The number of hydrogen-bond acceptors (Lipinski definition) is 9. The Bertz CT molecular complexity index is 422. The number of phosphoric acid groups is 3. The third-order valence-corrected chi connectivity index (χ3v) is 5.60. The van der Waals surface area contributed by atoms with Crippen LogP contribution >= 0.6 is 31.7 Å². The molecule has 0 amide bonds. The summed E-state index contributed by atoms with van der Waals surface area (Å²) in [4.78, 5) is 42.9. The molecule has 1 unspecified atom stereocenters. The smallest absolute Gasteiger partial charge is 0.302 e. The average molecular weight is 349 g/mol. The maximum Gasteiger partial charge on any atom is 0.763 e. The van der Waals surface area contributed by atoms with Gasteiger partial charge in [0.25, 0.3) is 0 Å². The minimum atomic E-state index is -5.64. The summed E-state index contributed by atoms with van der Waals surface area (Å²) >= 11 is 0. The van der Waals surface area contributed by atoms with E-state index in [0.29, 0.717) is 0 Å². The van der Waals surface area contributed by atoms with Crippen molar-refractivity contribution in [2.45, 2.75) is 0 Å². The number of hydrogen-bond donors (Lipinski definition) is 4. The van der Waals surface area contributed by atoms with E-state index < -0.39 is 38.2 Å². The maximum absolute atomic E-state index is 11.3. The summed E-state index contributed by atoms with van der Waals surface area (Å²) in [7, 11) is -20.4. The molecule has 0 radical (unpaired) electrons. The Balaban J connectivity index is 5.10. The summed E-state index contributed by atoms with van der Waals surface area (Å²) in [5.41, 5.74) is 0. The first-order valence-electron chi connectivity index (χ1n) is 3.28. The van der Waals surface area contributed by atoms with E-state index in [1.165, 1.54) is 0 Å². The molecule has 1 atom stereocenters. The van der Waals surface area contributed by atoms with Gasteiger partial charge in [-0.3, -0.25) is 4.79 Å². The van der Waals surface area contributed by atoms with Gasteiger partial charge in [0.1, 0.15) is 0 Å². The molecule has 4 N–H and O–H groups in total. The van der Waals surface area contributed by atoms with E-state index in [0.717, 1.165) is 0 Å². The van der Waals surface area contributed by atoms with E-state index in [-0.39, 0.29) is 0 Å². The molecule has 0 bridgehead atoms. The molecule has 0 rings (SSSR count). The molecular formula is CH5O13P4+. The lowest BCUT2D eigenvalue weighted by Crippen LogP contribution is -1.95. The minimum Gasteiger partial charge on any atom is -0.302 e. The lowest BCUT2D eigenvalue weighted by molar-refractivity contribution is -0.120. The Kier molecular flexibility index (Phi) is 6.42.